The number of anilines is 2. The Hall–Kier alpha value is -3.95. The third-order valence-electron chi connectivity index (χ3n) is 5.70. The molecule has 2 unspecified atom stereocenters. The van der Waals surface area contributed by atoms with Crippen molar-refractivity contribution in [3.8, 4) is 0 Å². The van der Waals surface area contributed by atoms with Crippen molar-refractivity contribution in [2.75, 3.05) is 23.3 Å². The van der Waals surface area contributed by atoms with E-state index >= 15 is 0 Å². The van der Waals surface area contributed by atoms with Gasteiger partial charge >= 0.3 is 12.0 Å². The normalized spacial score (nSPS) is 16.1. The van der Waals surface area contributed by atoms with Crippen LogP contribution in [0.2, 0.25) is 0 Å². The van der Waals surface area contributed by atoms with E-state index in [4.69, 9.17) is 0 Å². The molecule has 1 aliphatic rings. The van der Waals surface area contributed by atoms with Crippen molar-refractivity contribution in [2.45, 2.75) is 39.2 Å². The Labute approximate surface area is 204 Å². The second kappa shape index (κ2) is 12.0. The van der Waals surface area contributed by atoms with Gasteiger partial charge in [0.05, 0.1) is 18.4 Å². The van der Waals surface area contributed by atoms with Gasteiger partial charge in [-0.3, -0.25) is 19.4 Å². The molecule has 0 radical (unpaired) electrons. The fourth-order valence-corrected chi connectivity index (χ4v) is 3.83. The van der Waals surface area contributed by atoms with Crippen LogP contribution in [0.15, 0.2) is 48.8 Å². The maximum absolute atomic E-state index is 12.9. The third kappa shape index (κ3) is 7.53. The highest BCUT2D eigenvalue weighted by Gasteiger charge is 2.36. The first kappa shape index (κ1) is 25.7. The number of hydrogen-bond acceptors (Lipinski definition) is 5. The molecule has 0 aliphatic carbocycles. The fraction of sp³-hybridized carbons (Fsp3) is 0.400. The van der Waals surface area contributed by atoms with Crippen molar-refractivity contribution in [3.63, 3.8) is 0 Å². The lowest BCUT2D eigenvalue weighted by molar-refractivity contribution is -0.138. The summed E-state index contributed by atoms with van der Waals surface area (Å²) < 4.78 is 0. The summed E-state index contributed by atoms with van der Waals surface area (Å²) in [5.41, 5.74) is 1.68. The Kier molecular flexibility index (Phi) is 8.77. The first-order chi connectivity index (χ1) is 16.7. The predicted molar refractivity (Wildman–Crippen MR) is 131 cm³/mol. The molecule has 2 heterocycles. The quantitative estimate of drug-likeness (QED) is 0.411. The van der Waals surface area contributed by atoms with E-state index < -0.39 is 23.8 Å². The molecule has 2 atom stereocenters. The number of rotatable bonds is 10. The van der Waals surface area contributed by atoms with E-state index in [9.17, 15) is 24.3 Å². The predicted octanol–water partition coefficient (Wildman–Crippen LogP) is 2.93. The van der Waals surface area contributed by atoms with Gasteiger partial charge in [-0.15, -0.1) is 0 Å². The van der Waals surface area contributed by atoms with Crippen LogP contribution in [-0.2, 0) is 14.4 Å². The van der Waals surface area contributed by atoms with Gasteiger partial charge in [0.2, 0.25) is 11.8 Å². The van der Waals surface area contributed by atoms with Gasteiger partial charge < -0.3 is 26.0 Å². The van der Waals surface area contributed by atoms with Crippen molar-refractivity contribution in [2.24, 2.45) is 11.8 Å². The smallest absolute Gasteiger partial charge is 0.319 e. The Morgan fingerprint density at radius 1 is 1.20 bits per heavy atom. The number of benzene rings is 1. The van der Waals surface area contributed by atoms with Gasteiger partial charge in [0.25, 0.3) is 0 Å². The van der Waals surface area contributed by atoms with E-state index in [-0.39, 0.29) is 31.3 Å². The van der Waals surface area contributed by atoms with E-state index in [1.165, 1.54) is 11.1 Å². The number of pyridine rings is 1. The van der Waals surface area contributed by atoms with Crippen LogP contribution in [-0.4, -0.2) is 47.0 Å². The topological polar surface area (TPSA) is 141 Å². The minimum absolute atomic E-state index is 0.00596. The molecule has 1 saturated heterocycles. The second-order valence-corrected chi connectivity index (χ2v) is 8.96. The number of aromatic nitrogens is 1. The van der Waals surface area contributed by atoms with E-state index in [0.29, 0.717) is 29.4 Å². The van der Waals surface area contributed by atoms with E-state index in [1.54, 1.807) is 42.6 Å². The number of amides is 4. The molecule has 10 heteroatoms. The summed E-state index contributed by atoms with van der Waals surface area (Å²) in [5.74, 6) is -1.82. The summed E-state index contributed by atoms with van der Waals surface area (Å²) in [5, 5.41) is 17.6. The van der Waals surface area contributed by atoms with E-state index in [2.05, 4.69) is 34.8 Å². The molecule has 0 saturated carbocycles. The Bertz CT molecular complexity index is 1060. The minimum atomic E-state index is -1.05. The lowest BCUT2D eigenvalue weighted by Crippen LogP contribution is -2.36. The summed E-state index contributed by atoms with van der Waals surface area (Å²) in [6.07, 6.45) is 3.65. The van der Waals surface area contributed by atoms with Gasteiger partial charge in [-0.2, -0.15) is 0 Å². The average molecular weight is 482 g/mol. The number of carbonyl (C=O) groups is 4. The molecule has 10 nitrogen and oxygen atoms in total. The fourth-order valence-electron chi connectivity index (χ4n) is 3.83. The van der Waals surface area contributed by atoms with Gasteiger partial charge in [-0.05, 0) is 42.2 Å². The molecule has 186 valence electrons. The van der Waals surface area contributed by atoms with Crippen molar-refractivity contribution in [3.05, 3.63) is 54.4 Å². The molecule has 4 amide bonds. The highest BCUT2D eigenvalue weighted by molar-refractivity contribution is 6.01. The summed E-state index contributed by atoms with van der Waals surface area (Å²) in [4.78, 5) is 54.6. The van der Waals surface area contributed by atoms with Crippen LogP contribution in [0, 0.1) is 11.8 Å². The SMILES string of the molecule is CC(C)CCNC(=O)Nc1cccc(N2CC(C(=O)NC(CC(=O)O)c3cccnc3)CC2=O)c1. The molecule has 1 aromatic carbocycles. The summed E-state index contributed by atoms with van der Waals surface area (Å²) in [7, 11) is 0. The number of hydrogen-bond donors (Lipinski definition) is 4. The Balaban J connectivity index is 1.63. The Morgan fingerprint density at radius 3 is 2.69 bits per heavy atom. The van der Waals surface area contributed by atoms with E-state index in [0.717, 1.165) is 6.42 Å². The summed E-state index contributed by atoms with van der Waals surface area (Å²) in [6.45, 7) is 4.87. The van der Waals surface area contributed by atoms with Gasteiger partial charge in [0.15, 0.2) is 0 Å². The molecule has 1 aromatic heterocycles. The standard InChI is InChI=1S/C25H31N5O5/c1-16(2)8-10-27-25(35)28-19-6-3-7-20(12-19)30-15-18(11-22(30)31)24(34)29-21(13-23(32)33)17-5-4-9-26-14-17/h3-7,9,12,14,16,18,21H,8,10-11,13,15H2,1-2H3,(H,29,34)(H,32,33)(H2,27,28,35). The maximum Gasteiger partial charge on any atom is 0.319 e. The van der Waals surface area contributed by atoms with Crippen molar-refractivity contribution >= 4 is 35.2 Å². The highest BCUT2D eigenvalue weighted by Crippen LogP contribution is 2.28. The average Bonchev–Trinajstić information content (AvgIpc) is 3.20. The zero-order valence-corrected chi connectivity index (χ0v) is 19.9. The number of nitrogens with zero attached hydrogens (tertiary/aromatic N) is 2. The van der Waals surface area contributed by atoms with Crippen molar-refractivity contribution in [1.82, 2.24) is 15.6 Å². The van der Waals surface area contributed by atoms with Crippen LogP contribution in [0.3, 0.4) is 0 Å². The van der Waals surface area contributed by atoms with Crippen LogP contribution >= 0.6 is 0 Å². The van der Waals surface area contributed by atoms with Gasteiger partial charge in [0, 0.05) is 43.3 Å². The van der Waals surface area contributed by atoms with Crippen LogP contribution in [0.25, 0.3) is 0 Å². The van der Waals surface area contributed by atoms with Crippen molar-refractivity contribution in [1.29, 1.82) is 0 Å². The number of carboxylic acids is 1. The zero-order chi connectivity index (χ0) is 25.4. The molecular formula is C25H31N5O5. The number of urea groups is 1. The monoisotopic (exact) mass is 481 g/mol. The molecule has 35 heavy (non-hydrogen) atoms. The number of carboxylic acid groups (broad SMARTS) is 1. The largest absolute Gasteiger partial charge is 0.481 e. The molecule has 3 rings (SSSR count). The molecule has 1 aliphatic heterocycles. The third-order valence-corrected chi connectivity index (χ3v) is 5.70. The lowest BCUT2D eigenvalue weighted by Gasteiger charge is -2.20. The number of carbonyl (C=O) groups excluding carboxylic acids is 3. The maximum atomic E-state index is 12.9. The second-order valence-electron chi connectivity index (χ2n) is 8.96. The minimum Gasteiger partial charge on any atom is -0.481 e. The van der Waals surface area contributed by atoms with Crippen LogP contribution in [0.4, 0.5) is 16.2 Å². The molecule has 1 fully saturated rings. The first-order valence-corrected chi connectivity index (χ1v) is 11.6. The lowest BCUT2D eigenvalue weighted by atomic mass is 10.0. The van der Waals surface area contributed by atoms with Crippen LogP contribution in [0.5, 0.6) is 0 Å². The highest BCUT2D eigenvalue weighted by atomic mass is 16.4. The number of aliphatic carboxylic acids is 1. The summed E-state index contributed by atoms with van der Waals surface area (Å²) in [6, 6.07) is 9.16. The van der Waals surface area contributed by atoms with Gasteiger partial charge in [0.1, 0.15) is 0 Å². The molecule has 0 spiro atoms. The van der Waals surface area contributed by atoms with Crippen LogP contribution in [0.1, 0.15) is 44.7 Å². The molecular weight excluding hydrogens is 450 g/mol. The molecule has 2 aromatic rings. The van der Waals surface area contributed by atoms with E-state index in [1.807, 2.05) is 0 Å². The van der Waals surface area contributed by atoms with Gasteiger partial charge in [-0.25, -0.2) is 4.79 Å². The number of nitrogens with one attached hydrogen (secondary N) is 3. The van der Waals surface area contributed by atoms with Crippen molar-refractivity contribution < 1.29 is 24.3 Å². The van der Waals surface area contributed by atoms with Gasteiger partial charge in [-0.1, -0.05) is 26.0 Å². The zero-order valence-electron chi connectivity index (χ0n) is 19.9. The molecule has 0 bridgehead atoms. The van der Waals surface area contributed by atoms with Crippen LogP contribution < -0.4 is 20.9 Å². The summed E-state index contributed by atoms with van der Waals surface area (Å²) >= 11 is 0. The molecule has 4 N–H and O–H groups in total. The Morgan fingerprint density at radius 2 is 2.00 bits per heavy atom. The first-order valence-electron chi connectivity index (χ1n) is 11.6.